The molecule has 0 radical (unpaired) electrons. The van der Waals surface area contributed by atoms with Gasteiger partial charge in [0.25, 0.3) is 5.91 Å². The molecule has 1 aliphatic rings. The molecule has 2 unspecified atom stereocenters. The Morgan fingerprint density at radius 1 is 1.32 bits per heavy atom. The first-order chi connectivity index (χ1) is 12.1. The number of hydrogen-bond donors (Lipinski definition) is 1. The molecule has 25 heavy (non-hydrogen) atoms. The lowest BCUT2D eigenvalue weighted by atomic mass is 10.1. The molecule has 0 saturated carbocycles. The van der Waals surface area contributed by atoms with Gasteiger partial charge < -0.3 is 15.0 Å². The Hall–Kier alpha value is -2.32. The minimum absolute atomic E-state index is 0.0148. The van der Waals surface area contributed by atoms with Crippen LogP contribution in [0.25, 0.3) is 0 Å². The van der Waals surface area contributed by atoms with Crippen molar-refractivity contribution in [3.05, 3.63) is 41.2 Å². The zero-order valence-corrected chi connectivity index (χ0v) is 14.8. The second-order valence-electron chi connectivity index (χ2n) is 6.38. The van der Waals surface area contributed by atoms with Gasteiger partial charge >= 0.3 is 0 Å². The first-order valence-electron chi connectivity index (χ1n) is 8.49. The maximum atomic E-state index is 12.5. The molecule has 2 aromatic rings. The molecule has 1 fully saturated rings. The quantitative estimate of drug-likeness (QED) is 0.820. The minimum Gasteiger partial charge on any atom is -0.375 e. The number of likely N-dealkylation sites (N-methyl/N-ethyl adjacent to an activating group) is 1. The Morgan fingerprint density at radius 2 is 2.08 bits per heavy atom. The van der Waals surface area contributed by atoms with E-state index in [9.17, 15) is 4.79 Å². The number of nitrogens with zero attached hydrogens (tertiary/aromatic N) is 5. The van der Waals surface area contributed by atoms with Crippen molar-refractivity contribution in [2.75, 3.05) is 26.7 Å². The predicted molar refractivity (Wildman–Crippen MR) is 92.3 cm³/mol. The van der Waals surface area contributed by atoms with E-state index < -0.39 is 0 Å². The lowest BCUT2D eigenvalue weighted by Gasteiger charge is -2.19. The van der Waals surface area contributed by atoms with E-state index in [4.69, 9.17) is 4.74 Å². The molecule has 2 atom stereocenters. The fourth-order valence-electron chi connectivity index (χ4n) is 3.07. The van der Waals surface area contributed by atoms with Gasteiger partial charge in [-0.15, -0.1) is 5.10 Å². The molecule has 1 aromatic heterocycles. The van der Waals surface area contributed by atoms with Crippen molar-refractivity contribution < 1.29 is 9.53 Å². The van der Waals surface area contributed by atoms with Gasteiger partial charge in [-0.2, -0.15) is 0 Å². The van der Waals surface area contributed by atoms with E-state index in [1.165, 1.54) is 0 Å². The van der Waals surface area contributed by atoms with Crippen LogP contribution in [0.1, 0.15) is 28.7 Å². The van der Waals surface area contributed by atoms with Crippen LogP contribution in [0, 0.1) is 6.92 Å². The van der Waals surface area contributed by atoms with Crippen molar-refractivity contribution in [3.63, 3.8) is 0 Å². The van der Waals surface area contributed by atoms with Gasteiger partial charge in [-0.1, -0.05) is 12.1 Å². The first kappa shape index (κ1) is 17.5. The number of amides is 1. The van der Waals surface area contributed by atoms with Crippen LogP contribution in [0.4, 0.5) is 0 Å². The molecule has 8 nitrogen and oxygen atoms in total. The monoisotopic (exact) mass is 344 g/mol. The highest BCUT2D eigenvalue weighted by atomic mass is 16.5. The summed E-state index contributed by atoms with van der Waals surface area (Å²) in [6, 6.07) is 7.53. The standard InChI is InChI=1S/C17H24N6O2/c1-4-25-16-11-22(3)10-15(16)18-17(24)14-7-5-13(6-8-14)9-23-12(2)19-20-21-23/h5-8,15-16H,4,9-11H2,1-3H3,(H,18,24). The van der Waals surface area contributed by atoms with Crippen molar-refractivity contribution in [2.45, 2.75) is 32.5 Å². The summed E-state index contributed by atoms with van der Waals surface area (Å²) in [4.78, 5) is 14.7. The van der Waals surface area contributed by atoms with Crippen LogP contribution in [-0.2, 0) is 11.3 Å². The van der Waals surface area contributed by atoms with Crippen LogP contribution < -0.4 is 5.32 Å². The van der Waals surface area contributed by atoms with Crippen LogP contribution in [-0.4, -0.2) is 69.9 Å². The number of likely N-dealkylation sites (tertiary alicyclic amines) is 1. The highest BCUT2D eigenvalue weighted by molar-refractivity contribution is 5.94. The number of hydrogen-bond acceptors (Lipinski definition) is 6. The second kappa shape index (κ2) is 7.71. The summed E-state index contributed by atoms with van der Waals surface area (Å²) in [5.41, 5.74) is 1.68. The highest BCUT2D eigenvalue weighted by Gasteiger charge is 2.32. The first-order valence-corrected chi connectivity index (χ1v) is 8.49. The maximum absolute atomic E-state index is 12.5. The minimum atomic E-state index is -0.0739. The van der Waals surface area contributed by atoms with E-state index in [2.05, 4.69) is 25.7 Å². The molecule has 2 heterocycles. The van der Waals surface area contributed by atoms with E-state index in [-0.39, 0.29) is 18.1 Å². The number of nitrogens with one attached hydrogen (secondary N) is 1. The van der Waals surface area contributed by atoms with Gasteiger partial charge in [-0.05, 0) is 49.0 Å². The number of aromatic nitrogens is 4. The molecule has 8 heteroatoms. The molecule has 1 aromatic carbocycles. The third-order valence-corrected chi connectivity index (χ3v) is 4.41. The van der Waals surface area contributed by atoms with Crippen molar-refractivity contribution in [3.8, 4) is 0 Å². The Kier molecular flexibility index (Phi) is 5.40. The Bertz CT molecular complexity index is 714. The van der Waals surface area contributed by atoms with Crippen molar-refractivity contribution in [1.82, 2.24) is 30.4 Å². The van der Waals surface area contributed by atoms with Crippen LogP contribution in [0.2, 0.25) is 0 Å². The van der Waals surface area contributed by atoms with Gasteiger partial charge in [0.2, 0.25) is 0 Å². The van der Waals surface area contributed by atoms with Crippen molar-refractivity contribution in [1.29, 1.82) is 0 Å². The van der Waals surface area contributed by atoms with Gasteiger partial charge in [0.15, 0.2) is 0 Å². The summed E-state index contributed by atoms with van der Waals surface area (Å²) >= 11 is 0. The van der Waals surface area contributed by atoms with Gasteiger partial charge in [0, 0.05) is 25.3 Å². The van der Waals surface area contributed by atoms with E-state index in [1.807, 2.05) is 45.2 Å². The molecule has 1 amide bonds. The lowest BCUT2D eigenvalue weighted by Crippen LogP contribution is -2.43. The van der Waals surface area contributed by atoms with E-state index in [0.29, 0.717) is 18.7 Å². The Labute approximate surface area is 147 Å². The normalized spacial score (nSPS) is 20.8. The molecule has 134 valence electrons. The van der Waals surface area contributed by atoms with Gasteiger partial charge in [-0.3, -0.25) is 4.79 Å². The number of tetrazole rings is 1. The predicted octanol–water partition coefficient (Wildman–Crippen LogP) is 0.479. The number of carbonyl (C=O) groups is 1. The van der Waals surface area contributed by atoms with Crippen LogP contribution in [0.15, 0.2) is 24.3 Å². The topological polar surface area (TPSA) is 85.2 Å². The molecule has 1 N–H and O–H groups in total. The van der Waals surface area contributed by atoms with E-state index in [0.717, 1.165) is 24.5 Å². The summed E-state index contributed by atoms with van der Waals surface area (Å²) in [6.07, 6.45) is 0.0426. The smallest absolute Gasteiger partial charge is 0.251 e. The third-order valence-electron chi connectivity index (χ3n) is 4.41. The molecular formula is C17H24N6O2. The highest BCUT2D eigenvalue weighted by Crippen LogP contribution is 2.13. The number of benzene rings is 1. The number of ether oxygens (including phenoxy) is 1. The number of rotatable bonds is 6. The summed E-state index contributed by atoms with van der Waals surface area (Å²) in [7, 11) is 2.04. The number of carbonyl (C=O) groups excluding carboxylic acids is 1. The fraction of sp³-hybridized carbons (Fsp3) is 0.529. The summed E-state index contributed by atoms with van der Waals surface area (Å²) in [5, 5.41) is 14.5. The van der Waals surface area contributed by atoms with Crippen LogP contribution in [0.3, 0.4) is 0 Å². The lowest BCUT2D eigenvalue weighted by molar-refractivity contribution is 0.0513. The molecule has 1 aliphatic heterocycles. The molecule has 0 aliphatic carbocycles. The SMILES string of the molecule is CCOC1CN(C)CC1NC(=O)c1ccc(Cn2nnnc2C)cc1. The summed E-state index contributed by atoms with van der Waals surface area (Å²) in [5.74, 6) is 0.685. The zero-order chi connectivity index (χ0) is 17.8. The van der Waals surface area contributed by atoms with Crippen molar-refractivity contribution >= 4 is 5.91 Å². The van der Waals surface area contributed by atoms with E-state index in [1.54, 1.807) is 4.68 Å². The Balaban J connectivity index is 1.61. The molecule has 0 bridgehead atoms. The van der Waals surface area contributed by atoms with Gasteiger partial charge in [0.05, 0.1) is 18.7 Å². The molecule has 3 rings (SSSR count). The average molecular weight is 344 g/mol. The second-order valence-corrected chi connectivity index (χ2v) is 6.38. The van der Waals surface area contributed by atoms with Gasteiger partial charge in [-0.25, -0.2) is 4.68 Å². The maximum Gasteiger partial charge on any atom is 0.251 e. The third kappa shape index (κ3) is 4.21. The summed E-state index contributed by atoms with van der Waals surface area (Å²) in [6.45, 7) is 6.70. The number of aryl methyl sites for hydroxylation is 1. The van der Waals surface area contributed by atoms with Crippen LogP contribution in [0.5, 0.6) is 0 Å². The average Bonchev–Trinajstić information content (AvgIpc) is 3.14. The Morgan fingerprint density at radius 3 is 2.72 bits per heavy atom. The summed E-state index contributed by atoms with van der Waals surface area (Å²) < 4.78 is 7.45. The molecular weight excluding hydrogens is 320 g/mol. The largest absolute Gasteiger partial charge is 0.375 e. The molecule has 1 saturated heterocycles. The zero-order valence-electron chi connectivity index (χ0n) is 14.8. The molecule has 0 spiro atoms. The van der Waals surface area contributed by atoms with Gasteiger partial charge in [0.1, 0.15) is 5.82 Å². The van der Waals surface area contributed by atoms with E-state index >= 15 is 0 Å². The van der Waals surface area contributed by atoms with Crippen LogP contribution >= 0.6 is 0 Å². The van der Waals surface area contributed by atoms with Crippen molar-refractivity contribution in [2.24, 2.45) is 0 Å². The fourth-order valence-corrected chi connectivity index (χ4v) is 3.07.